The maximum Gasteiger partial charge on any atom is 0.170 e. The molecule has 2 N–H and O–H groups in total. The number of nitrogens with zero attached hydrogens (tertiary/aromatic N) is 3. The molecule has 0 aliphatic carbocycles. The predicted molar refractivity (Wildman–Crippen MR) is 125 cm³/mol. The van der Waals surface area contributed by atoms with Gasteiger partial charge in [-0.2, -0.15) is 0 Å². The van der Waals surface area contributed by atoms with E-state index in [1.807, 2.05) is 0 Å². The molecule has 9 heteroatoms. The molecule has 1 aromatic carbocycles. The van der Waals surface area contributed by atoms with E-state index in [4.69, 9.17) is 21.4 Å². The number of benzene rings is 1. The molecule has 3 heterocycles. The maximum absolute atomic E-state index is 13.3. The Morgan fingerprint density at radius 2 is 2.09 bits per heavy atom. The van der Waals surface area contributed by atoms with E-state index in [0.29, 0.717) is 35.2 Å². The SMILES string of the molecule is O=C1CC(COc2ccc(F)c(Cl)c2)=Nc2c1ccnc2CNCC1CCN(CCO)CC1. The van der Waals surface area contributed by atoms with E-state index in [0.717, 1.165) is 44.7 Å². The van der Waals surface area contributed by atoms with Gasteiger partial charge in [-0.3, -0.25) is 14.8 Å². The van der Waals surface area contributed by atoms with Crippen molar-refractivity contribution < 1.29 is 19.0 Å². The van der Waals surface area contributed by atoms with Crippen LogP contribution < -0.4 is 10.1 Å². The van der Waals surface area contributed by atoms with E-state index in [2.05, 4.69) is 20.2 Å². The molecular formula is C24H28ClFN4O3. The molecule has 1 aromatic heterocycles. The van der Waals surface area contributed by atoms with Gasteiger partial charge in [0.05, 0.1) is 35.1 Å². The predicted octanol–water partition coefficient (Wildman–Crippen LogP) is 3.41. The zero-order chi connectivity index (χ0) is 23.2. The van der Waals surface area contributed by atoms with E-state index < -0.39 is 5.82 Å². The number of halogens is 2. The third kappa shape index (κ3) is 6.14. The number of carbonyl (C=O) groups is 1. The van der Waals surface area contributed by atoms with Gasteiger partial charge >= 0.3 is 0 Å². The van der Waals surface area contributed by atoms with Gasteiger partial charge in [0, 0.05) is 30.9 Å². The van der Waals surface area contributed by atoms with E-state index in [1.165, 1.54) is 18.2 Å². The van der Waals surface area contributed by atoms with E-state index in [-0.39, 0.29) is 30.4 Å². The van der Waals surface area contributed by atoms with Crippen molar-refractivity contribution in [3.05, 3.63) is 52.6 Å². The normalized spacial score (nSPS) is 17.1. The number of pyridine rings is 1. The number of aliphatic hydroxyl groups is 1. The number of ketones is 1. The Hall–Kier alpha value is -2.39. The van der Waals surface area contributed by atoms with Crippen LogP contribution in [0.25, 0.3) is 0 Å². The lowest BCUT2D eigenvalue weighted by atomic mass is 9.96. The first-order valence-electron chi connectivity index (χ1n) is 11.2. The number of Topliss-reactive ketones (excluding diaryl/α,β-unsaturated/α-hetero) is 1. The van der Waals surface area contributed by atoms with Crippen molar-refractivity contribution in [2.45, 2.75) is 25.8 Å². The molecule has 0 amide bonds. The lowest BCUT2D eigenvalue weighted by Crippen LogP contribution is -2.38. The standard InChI is InChI=1S/C24H28ClFN4O3/c25-20-12-18(1-2-21(20)26)33-15-17-11-23(32)19-3-6-28-22(24(19)29-17)14-27-13-16-4-7-30(8-5-16)9-10-31/h1-3,6,12,16,27,31H,4-5,7-11,13-15H2. The molecule has 0 spiro atoms. The minimum Gasteiger partial charge on any atom is -0.488 e. The van der Waals surface area contributed by atoms with Gasteiger partial charge in [-0.15, -0.1) is 0 Å². The molecule has 0 saturated carbocycles. The molecule has 0 unspecified atom stereocenters. The molecule has 33 heavy (non-hydrogen) atoms. The van der Waals surface area contributed by atoms with E-state index in [9.17, 15) is 9.18 Å². The summed E-state index contributed by atoms with van der Waals surface area (Å²) in [6, 6.07) is 5.84. The number of hydrogen-bond donors (Lipinski definition) is 2. The van der Waals surface area contributed by atoms with Gasteiger partial charge in [0.2, 0.25) is 0 Å². The number of aliphatic hydroxyl groups excluding tert-OH is 1. The number of aliphatic imine (C=N–C) groups is 1. The molecular weight excluding hydrogens is 447 g/mol. The van der Waals surface area contributed by atoms with E-state index >= 15 is 0 Å². The monoisotopic (exact) mass is 474 g/mol. The van der Waals surface area contributed by atoms with Gasteiger partial charge in [0.15, 0.2) is 5.78 Å². The van der Waals surface area contributed by atoms with Gasteiger partial charge in [-0.1, -0.05) is 11.6 Å². The second kappa shape index (κ2) is 11.2. The Morgan fingerprint density at radius 3 is 2.85 bits per heavy atom. The summed E-state index contributed by atoms with van der Waals surface area (Å²) >= 11 is 5.81. The highest BCUT2D eigenvalue weighted by atomic mass is 35.5. The average Bonchev–Trinajstić information content (AvgIpc) is 2.81. The number of ether oxygens (including phenoxy) is 1. The van der Waals surface area contributed by atoms with Crippen molar-refractivity contribution >= 4 is 28.8 Å². The number of β-amino-alcohol motifs (C(OH)–C–C–N with tert-alkyl or cyclic N) is 1. The minimum atomic E-state index is -0.512. The number of hydrogen-bond acceptors (Lipinski definition) is 7. The third-order valence-electron chi connectivity index (χ3n) is 6.08. The number of carbonyl (C=O) groups excluding carboxylic acids is 1. The third-order valence-corrected chi connectivity index (χ3v) is 6.37. The highest BCUT2D eigenvalue weighted by molar-refractivity contribution is 6.30. The van der Waals surface area contributed by atoms with Crippen molar-refractivity contribution in [1.29, 1.82) is 0 Å². The Balaban J connectivity index is 1.36. The number of rotatable bonds is 9. The molecule has 0 atom stereocenters. The van der Waals surface area contributed by atoms with Gasteiger partial charge in [-0.05, 0) is 56.6 Å². The summed E-state index contributed by atoms with van der Waals surface area (Å²) in [6.45, 7) is 4.47. The van der Waals surface area contributed by atoms with Gasteiger partial charge in [-0.25, -0.2) is 4.39 Å². The first-order chi connectivity index (χ1) is 16.0. The quantitative estimate of drug-likeness (QED) is 0.579. The van der Waals surface area contributed by atoms with Crippen molar-refractivity contribution in [2.24, 2.45) is 10.9 Å². The molecule has 1 saturated heterocycles. The molecule has 1 fully saturated rings. The molecule has 7 nitrogen and oxygen atoms in total. The lowest BCUT2D eigenvalue weighted by Gasteiger charge is -2.31. The van der Waals surface area contributed by atoms with Crippen LogP contribution in [-0.2, 0) is 6.54 Å². The van der Waals surface area contributed by atoms with Crippen LogP contribution in [0.2, 0.25) is 5.02 Å². The Kier molecular flexibility index (Phi) is 8.03. The highest BCUT2D eigenvalue weighted by Gasteiger charge is 2.24. The van der Waals surface area contributed by atoms with Crippen LogP contribution in [0.15, 0.2) is 35.5 Å². The summed E-state index contributed by atoms with van der Waals surface area (Å²) in [5.74, 6) is 0.467. The van der Waals surface area contributed by atoms with Crippen LogP contribution in [0.3, 0.4) is 0 Å². The van der Waals surface area contributed by atoms with Crippen molar-refractivity contribution in [2.75, 3.05) is 39.4 Å². The van der Waals surface area contributed by atoms with Crippen LogP contribution >= 0.6 is 11.6 Å². The van der Waals surface area contributed by atoms with Crippen molar-refractivity contribution in [3.63, 3.8) is 0 Å². The van der Waals surface area contributed by atoms with Crippen LogP contribution in [0.5, 0.6) is 5.75 Å². The second-order valence-electron chi connectivity index (χ2n) is 8.44. The first-order valence-corrected chi connectivity index (χ1v) is 11.6. The zero-order valence-electron chi connectivity index (χ0n) is 18.4. The van der Waals surface area contributed by atoms with Gasteiger partial charge < -0.3 is 20.1 Å². The fourth-order valence-corrected chi connectivity index (χ4v) is 4.39. The maximum atomic E-state index is 13.3. The lowest BCUT2D eigenvalue weighted by molar-refractivity contribution is 0.0998. The number of piperidine rings is 1. The fourth-order valence-electron chi connectivity index (χ4n) is 4.22. The summed E-state index contributed by atoms with van der Waals surface area (Å²) in [4.78, 5) is 24.1. The topological polar surface area (TPSA) is 87.0 Å². The average molecular weight is 475 g/mol. The zero-order valence-corrected chi connectivity index (χ0v) is 19.2. The number of nitrogens with one attached hydrogen (secondary N) is 1. The van der Waals surface area contributed by atoms with Crippen LogP contribution in [0, 0.1) is 11.7 Å². The Bertz CT molecular complexity index is 1020. The summed E-state index contributed by atoms with van der Waals surface area (Å²) in [6.07, 6.45) is 4.02. The second-order valence-corrected chi connectivity index (χ2v) is 8.84. The van der Waals surface area contributed by atoms with Crippen LogP contribution in [0.4, 0.5) is 10.1 Å². The Morgan fingerprint density at radius 1 is 1.27 bits per heavy atom. The smallest absolute Gasteiger partial charge is 0.170 e. The summed E-state index contributed by atoms with van der Waals surface area (Å²) in [7, 11) is 0. The summed E-state index contributed by atoms with van der Waals surface area (Å²) < 4.78 is 19.0. The van der Waals surface area contributed by atoms with Crippen LogP contribution in [0.1, 0.15) is 35.3 Å². The molecule has 2 aliphatic rings. The van der Waals surface area contributed by atoms with Gasteiger partial charge in [0.1, 0.15) is 18.2 Å². The highest BCUT2D eigenvalue weighted by Crippen LogP contribution is 2.29. The van der Waals surface area contributed by atoms with Crippen molar-refractivity contribution in [3.8, 4) is 5.75 Å². The summed E-state index contributed by atoms with van der Waals surface area (Å²) in [5.41, 5.74) is 2.50. The molecule has 2 aliphatic heterocycles. The molecule has 0 bridgehead atoms. The largest absolute Gasteiger partial charge is 0.488 e. The van der Waals surface area contributed by atoms with Crippen molar-refractivity contribution in [1.82, 2.24) is 15.2 Å². The van der Waals surface area contributed by atoms with E-state index in [1.54, 1.807) is 12.3 Å². The fraction of sp³-hybridized carbons (Fsp3) is 0.458. The number of fused-ring (bicyclic) bond motifs is 1. The molecule has 4 rings (SSSR count). The Labute approximate surface area is 197 Å². The van der Waals surface area contributed by atoms with Gasteiger partial charge in [0.25, 0.3) is 0 Å². The summed E-state index contributed by atoms with van der Waals surface area (Å²) in [5, 5.41) is 12.5. The molecule has 0 radical (unpaired) electrons. The first kappa shape index (κ1) is 23.8. The molecule has 2 aromatic rings. The van der Waals surface area contributed by atoms with Crippen LogP contribution in [-0.4, -0.2) is 65.9 Å². The number of likely N-dealkylation sites (tertiary alicyclic amines) is 1. The minimum absolute atomic E-state index is 0.0175. The molecule has 176 valence electrons. The number of aromatic nitrogens is 1.